The third-order valence-electron chi connectivity index (χ3n) is 4.10. The SMILES string of the molecule is CCC(CC)(C(NC)C1CC1)N(C)C. The van der Waals surface area contributed by atoms with E-state index in [1.165, 1.54) is 25.7 Å². The van der Waals surface area contributed by atoms with Crippen molar-refractivity contribution >= 4 is 0 Å². The van der Waals surface area contributed by atoms with Gasteiger partial charge in [-0.15, -0.1) is 0 Å². The molecule has 2 nitrogen and oxygen atoms in total. The Morgan fingerprint density at radius 1 is 1.29 bits per heavy atom. The highest BCUT2D eigenvalue weighted by atomic mass is 15.2. The third kappa shape index (κ3) is 1.96. The Bertz CT molecular complexity index is 169. The van der Waals surface area contributed by atoms with Gasteiger partial charge in [0, 0.05) is 11.6 Å². The Hall–Kier alpha value is -0.0800. The van der Waals surface area contributed by atoms with Crippen molar-refractivity contribution in [3.05, 3.63) is 0 Å². The second-order valence-corrected chi connectivity index (χ2v) is 4.81. The van der Waals surface area contributed by atoms with E-state index in [1.807, 2.05) is 0 Å². The predicted molar refractivity (Wildman–Crippen MR) is 62.6 cm³/mol. The molecule has 1 unspecified atom stereocenters. The molecule has 0 bridgehead atoms. The summed E-state index contributed by atoms with van der Waals surface area (Å²) >= 11 is 0. The summed E-state index contributed by atoms with van der Waals surface area (Å²) in [4.78, 5) is 2.42. The minimum absolute atomic E-state index is 0.357. The van der Waals surface area contributed by atoms with Crippen LogP contribution in [-0.4, -0.2) is 37.6 Å². The van der Waals surface area contributed by atoms with Crippen molar-refractivity contribution in [1.29, 1.82) is 0 Å². The summed E-state index contributed by atoms with van der Waals surface area (Å²) < 4.78 is 0. The fraction of sp³-hybridized carbons (Fsp3) is 1.00. The molecule has 1 N–H and O–H groups in total. The van der Waals surface area contributed by atoms with Crippen LogP contribution in [0.5, 0.6) is 0 Å². The average molecular weight is 198 g/mol. The molecule has 2 heteroatoms. The molecular formula is C12H26N2. The highest BCUT2D eigenvalue weighted by Crippen LogP contribution is 2.41. The van der Waals surface area contributed by atoms with Crippen LogP contribution in [0.4, 0.5) is 0 Å². The number of hydrogen-bond acceptors (Lipinski definition) is 2. The molecule has 0 aromatic rings. The topological polar surface area (TPSA) is 15.3 Å². The maximum atomic E-state index is 3.55. The van der Waals surface area contributed by atoms with E-state index < -0.39 is 0 Å². The average Bonchev–Trinajstić information content (AvgIpc) is 2.97. The molecule has 0 aliphatic heterocycles. The summed E-state index contributed by atoms with van der Waals surface area (Å²) in [5, 5.41) is 3.55. The van der Waals surface area contributed by atoms with Gasteiger partial charge in [0.2, 0.25) is 0 Å². The summed E-state index contributed by atoms with van der Waals surface area (Å²) in [5.41, 5.74) is 0.357. The second-order valence-electron chi connectivity index (χ2n) is 4.81. The maximum Gasteiger partial charge on any atom is 0.0353 e. The van der Waals surface area contributed by atoms with Crippen molar-refractivity contribution in [3.8, 4) is 0 Å². The number of likely N-dealkylation sites (N-methyl/N-ethyl adjacent to an activating group) is 2. The first-order valence-corrected chi connectivity index (χ1v) is 5.97. The lowest BCUT2D eigenvalue weighted by Gasteiger charge is -2.45. The van der Waals surface area contributed by atoms with E-state index in [0.29, 0.717) is 11.6 Å². The van der Waals surface area contributed by atoms with E-state index in [9.17, 15) is 0 Å². The molecule has 0 radical (unpaired) electrons. The van der Waals surface area contributed by atoms with Gasteiger partial charge in [0.1, 0.15) is 0 Å². The quantitative estimate of drug-likeness (QED) is 0.703. The van der Waals surface area contributed by atoms with Crippen LogP contribution < -0.4 is 5.32 Å². The van der Waals surface area contributed by atoms with Gasteiger partial charge in [0.15, 0.2) is 0 Å². The van der Waals surface area contributed by atoms with Crippen molar-refractivity contribution in [1.82, 2.24) is 10.2 Å². The minimum atomic E-state index is 0.357. The number of nitrogens with one attached hydrogen (secondary N) is 1. The Balaban J connectivity index is 2.81. The predicted octanol–water partition coefficient (Wildman–Crippen LogP) is 2.10. The zero-order valence-electron chi connectivity index (χ0n) is 10.4. The molecule has 0 amide bonds. The van der Waals surface area contributed by atoms with Gasteiger partial charge < -0.3 is 10.2 Å². The Kier molecular flexibility index (Phi) is 3.96. The van der Waals surface area contributed by atoms with Crippen LogP contribution >= 0.6 is 0 Å². The lowest BCUT2D eigenvalue weighted by atomic mass is 9.81. The zero-order chi connectivity index (χ0) is 10.8. The number of rotatable bonds is 6. The van der Waals surface area contributed by atoms with Crippen molar-refractivity contribution in [2.75, 3.05) is 21.1 Å². The van der Waals surface area contributed by atoms with Crippen molar-refractivity contribution < 1.29 is 0 Å². The summed E-state index contributed by atoms with van der Waals surface area (Å²) in [6.45, 7) is 4.63. The van der Waals surface area contributed by atoms with Crippen molar-refractivity contribution in [2.45, 2.75) is 51.1 Å². The first-order chi connectivity index (χ1) is 6.62. The molecule has 0 spiro atoms. The van der Waals surface area contributed by atoms with Gasteiger partial charge in [0.05, 0.1) is 0 Å². The monoisotopic (exact) mass is 198 g/mol. The third-order valence-corrected chi connectivity index (χ3v) is 4.10. The van der Waals surface area contributed by atoms with Crippen LogP contribution in [0.1, 0.15) is 39.5 Å². The van der Waals surface area contributed by atoms with Crippen LogP contribution in [0.2, 0.25) is 0 Å². The number of nitrogens with zero attached hydrogens (tertiary/aromatic N) is 1. The molecule has 0 saturated heterocycles. The molecule has 14 heavy (non-hydrogen) atoms. The lowest BCUT2D eigenvalue weighted by Crippen LogP contribution is -2.58. The van der Waals surface area contributed by atoms with E-state index in [-0.39, 0.29) is 0 Å². The molecule has 1 aliphatic rings. The highest BCUT2D eigenvalue weighted by Gasteiger charge is 2.45. The Morgan fingerprint density at radius 3 is 2.00 bits per heavy atom. The van der Waals surface area contributed by atoms with Gasteiger partial charge in [-0.1, -0.05) is 13.8 Å². The zero-order valence-corrected chi connectivity index (χ0v) is 10.4. The highest BCUT2D eigenvalue weighted by molar-refractivity contribution is 5.03. The van der Waals surface area contributed by atoms with Crippen LogP contribution in [0.15, 0.2) is 0 Å². The summed E-state index contributed by atoms with van der Waals surface area (Å²) in [7, 11) is 6.56. The Morgan fingerprint density at radius 2 is 1.79 bits per heavy atom. The summed E-state index contributed by atoms with van der Waals surface area (Å²) in [5.74, 6) is 0.919. The molecular weight excluding hydrogens is 172 g/mol. The van der Waals surface area contributed by atoms with E-state index in [2.05, 4.69) is 45.2 Å². The molecule has 0 aromatic carbocycles. The molecule has 0 aromatic heterocycles. The normalized spacial score (nSPS) is 20.1. The standard InChI is InChI=1S/C12H26N2/c1-6-12(7-2,14(4)5)11(13-3)10-8-9-10/h10-11,13H,6-9H2,1-5H3. The van der Waals surface area contributed by atoms with Gasteiger partial charge in [-0.2, -0.15) is 0 Å². The molecule has 1 aliphatic carbocycles. The van der Waals surface area contributed by atoms with Gasteiger partial charge in [0.25, 0.3) is 0 Å². The lowest BCUT2D eigenvalue weighted by molar-refractivity contribution is 0.0818. The van der Waals surface area contributed by atoms with E-state index in [1.54, 1.807) is 0 Å². The van der Waals surface area contributed by atoms with Crippen LogP contribution in [0.25, 0.3) is 0 Å². The molecule has 0 heterocycles. The first kappa shape index (κ1) is 12.0. The summed E-state index contributed by atoms with van der Waals surface area (Å²) in [6, 6.07) is 0.674. The first-order valence-electron chi connectivity index (χ1n) is 5.97. The molecule has 1 fully saturated rings. The van der Waals surface area contributed by atoms with Gasteiger partial charge in [-0.05, 0) is 52.7 Å². The van der Waals surface area contributed by atoms with Crippen molar-refractivity contribution in [3.63, 3.8) is 0 Å². The van der Waals surface area contributed by atoms with Gasteiger partial charge in [-0.3, -0.25) is 0 Å². The van der Waals surface area contributed by atoms with Crippen LogP contribution in [-0.2, 0) is 0 Å². The number of hydrogen-bond donors (Lipinski definition) is 1. The molecule has 1 rings (SSSR count). The molecule has 1 atom stereocenters. The van der Waals surface area contributed by atoms with Crippen molar-refractivity contribution in [2.24, 2.45) is 5.92 Å². The minimum Gasteiger partial charge on any atom is -0.315 e. The van der Waals surface area contributed by atoms with E-state index in [0.717, 1.165) is 5.92 Å². The van der Waals surface area contributed by atoms with E-state index >= 15 is 0 Å². The fourth-order valence-electron chi connectivity index (χ4n) is 2.97. The molecule has 84 valence electrons. The van der Waals surface area contributed by atoms with E-state index in [4.69, 9.17) is 0 Å². The Labute approximate surface area is 89.1 Å². The second kappa shape index (κ2) is 4.63. The fourth-order valence-corrected chi connectivity index (χ4v) is 2.97. The van der Waals surface area contributed by atoms with Crippen LogP contribution in [0, 0.1) is 5.92 Å². The van der Waals surface area contributed by atoms with Crippen LogP contribution in [0.3, 0.4) is 0 Å². The van der Waals surface area contributed by atoms with Gasteiger partial charge >= 0.3 is 0 Å². The summed E-state index contributed by atoms with van der Waals surface area (Å²) in [6.07, 6.45) is 5.30. The largest absolute Gasteiger partial charge is 0.315 e. The molecule has 1 saturated carbocycles. The maximum absolute atomic E-state index is 3.55. The smallest absolute Gasteiger partial charge is 0.0353 e. The van der Waals surface area contributed by atoms with Gasteiger partial charge in [-0.25, -0.2) is 0 Å².